The molecule has 3 nitrogen and oxygen atoms in total. The zero-order valence-corrected chi connectivity index (χ0v) is 14.8. The van der Waals surface area contributed by atoms with Crippen LogP contribution in [0.1, 0.15) is 78.6 Å². The lowest BCUT2D eigenvalue weighted by atomic mass is 9.94. The maximum Gasteiger partial charge on any atom is 0.0610 e. The summed E-state index contributed by atoms with van der Waals surface area (Å²) in [5, 5.41) is 13.1. The molecule has 0 bridgehead atoms. The molecule has 1 atom stereocenters. The first-order valence-electron chi connectivity index (χ1n) is 9.05. The predicted molar refractivity (Wildman–Crippen MR) is 91.7 cm³/mol. The summed E-state index contributed by atoms with van der Waals surface area (Å²) < 4.78 is 0. The number of hydrogen-bond acceptors (Lipinski definition) is 3. The standard InChI is InChI=1S/C18H38N2O/c1-16(2)19-18(3,15-21)13-9-10-14-20(4)17-11-7-5-6-8-12-17/h16-17,19,21H,5-15H2,1-4H3. The zero-order valence-electron chi connectivity index (χ0n) is 14.8. The Balaban J connectivity index is 2.22. The van der Waals surface area contributed by atoms with E-state index in [4.69, 9.17) is 0 Å². The second-order valence-corrected chi connectivity index (χ2v) is 7.60. The highest BCUT2D eigenvalue weighted by Gasteiger charge is 2.23. The summed E-state index contributed by atoms with van der Waals surface area (Å²) in [6, 6.07) is 1.24. The van der Waals surface area contributed by atoms with Crippen LogP contribution >= 0.6 is 0 Å². The van der Waals surface area contributed by atoms with E-state index in [2.05, 4.69) is 38.0 Å². The van der Waals surface area contributed by atoms with Gasteiger partial charge in [0.1, 0.15) is 0 Å². The van der Waals surface area contributed by atoms with Gasteiger partial charge in [0.15, 0.2) is 0 Å². The van der Waals surface area contributed by atoms with Gasteiger partial charge in [0.2, 0.25) is 0 Å². The molecular formula is C18H38N2O. The molecule has 0 heterocycles. The summed E-state index contributed by atoms with van der Waals surface area (Å²) in [5.74, 6) is 0. The molecule has 0 aromatic heterocycles. The predicted octanol–water partition coefficient (Wildman–Crippen LogP) is 3.56. The van der Waals surface area contributed by atoms with Gasteiger partial charge in [0.05, 0.1) is 6.61 Å². The molecule has 0 amide bonds. The average molecular weight is 299 g/mol. The van der Waals surface area contributed by atoms with Crippen LogP contribution in [0.25, 0.3) is 0 Å². The maximum atomic E-state index is 9.60. The van der Waals surface area contributed by atoms with Crippen molar-refractivity contribution in [1.82, 2.24) is 10.2 Å². The van der Waals surface area contributed by atoms with Crippen LogP contribution in [0.5, 0.6) is 0 Å². The molecule has 0 aliphatic heterocycles. The summed E-state index contributed by atoms with van der Waals surface area (Å²) in [4.78, 5) is 2.58. The van der Waals surface area contributed by atoms with Crippen molar-refractivity contribution < 1.29 is 5.11 Å². The Hall–Kier alpha value is -0.120. The van der Waals surface area contributed by atoms with Crippen LogP contribution in [0.2, 0.25) is 0 Å². The second-order valence-electron chi connectivity index (χ2n) is 7.60. The fourth-order valence-electron chi connectivity index (χ4n) is 3.65. The van der Waals surface area contributed by atoms with Gasteiger partial charge in [-0.25, -0.2) is 0 Å². The van der Waals surface area contributed by atoms with Crippen LogP contribution in [0.3, 0.4) is 0 Å². The number of aliphatic hydroxyl groups excluding tert-OH is 1. The summed E-state index contributed by atoms with van der Waals surface area (Å²) >= 11 is 0. The van der Waals surface area contributed by atoms with Gasteiger partial charge in [-0.3, -0.25) is 0 Å². The van der Waals surface area contributed by atoms with Gasteiger partial charge in [0.25, 0.3) is 0 Å². The van der Waals surface area contributed by atoms with Crippen molar-refractivity contribution in [3.8, 4) is 0 Å². The molecule has 1 fully saturated rings. The minimum absolute atomic E-state index is 0.116. The minimum Gasteiger partial charge on any atom is -0.394 e. The molecule has 0 aromatic rings. The highest BCUT2D eigenvalue weighted by Crippen LogP contribution is 2.22. The number of aliphatic hydroxyl groups is 1. The molecule has 2 N–H and O–H groups in total. The number of nitrogens with zero attached hydrogens (tertiary/aromatic N) is 1. The molecule has 0 radical (unpaired) electrons. The summed E-state index contributed by atoms with van der Waals surface area (Å²) in [5.41, 5.74) is -0.116. The maximum absolute atomic E-state index is 9.60. The van der Waals surface area contributed by atoms with E-state index in [9.17, 15) is 5.11 Å². The number of unbranched alkanes of at least 4 members (excludes halogenated alkanes) is 1. The molecule has 21 heavy (non-hydrogen) atoms. The van der Waals surface area contributed by atoms with E-state index < -0.39 is 0 Å². The topological polar surface area (TPSA) is 35.5 Å². The van der Waals surface area contributed by atoms with Gasteiger partial charge in [-0.2, -0.15) is 0 Å². The number of nitrogens with one attached hydrogen (secondary N) is 1. The smallest absolute Gasteiger partial charge is 0.0610 e. The van der Waals surface area contributed by atoms with Gasteiger partial charge < -0.3 is 15.3 Å². The third-order valence-corrected chi connectivity index (χ3v) is 4.92. The molecule has 0 aromatic carbocycles. The fourth-order valence-corrected chi connectivity index (χ4v) is 3.65. The van der Waals surface area contributed by atoms with Crippen LogP contribution in [-0.4, -0.2) is 47.8 Å². The van der Waals surface area contributed by atoms with E-state index in [1.165, 1.54) is 57.9 Å². The van der Waals surface area contributed by atoms with E-state index in [-0.39, 0.29) is 12.1 Å². The highest BCUT2D eigenvalue weighted by atomic mass is 16.3. The lowest BCUT2D eigenvalue weighted by Gasteiger charge is -2.32. The van der Waals surface area contributed by atoms with Crippen LogP contribution < -0.4 is 5.32 Å². The molecule has 1 rings (SSSR count). The second kappa shape index (κ2) is 9.81. The zero-order chi connectivity index (χ0) is 15.7. The van der Waals surface area contributed by atoms with E-state index in [0.717, 1.165) is 12.5 Å². The van der Waals surface area contributed by atoms with Gasteiger partial charge in [-0.1, -0.05) is 46.0 Å². The molecule has 0 saturated heterocycles. The summed E-state index contributed by atoms with van der Waals surface area (Å²) in [7, 11) is 2.30. The van der Waals surface area contributed by atoms with Crippen molar-refractivity contribution in [2.75, 3.05) is 20.2 Å². The Morgan fingerprint density at radius 1 is 1.14 bits per heavy atom. The Kier molecular flexibility index (Phi) is 8.84. The van der Waals surface area contributed by atoms with Crippen LogP contribution in [0.4, 0.5) is 0 Å². The molecule has 126 valence electrons. The largest absolute Gasteiger partial charge is 0.394 e. The van der Waals surface area contributed by atoms with E-state index in [0.29, 0.717) is 6.04 Å². The third-order valence-electron chi connectivity index (χ3n) is 4.92. The SMILES string of the molecule is CC(C)NC(C)(CO)CCCCN(C)C1CCCCCC1. The average Bonchev–Trinajstić information content (AvgIpc) is 2.71. The molecule has 1 saturated carbocycles. The van der Waals surface area contributed by atoms with Crippen molar-refractivity contribution in [3.63, 3.8) is 0 Å². The van der Waals surface area contributed by atoms with Gasteiger partial charge in [-0.15, -0.1) is 0 Å². The normalized spacial score (nSPS) is 20.7. The number of rotatable bonds is 9. The summed E-state index contributed by atoms with van der Waals surface area (Å²) in [6.07, 6.45) is 11.9. The summed E-state index contributed by atoms with van der Waals surface area (Å²) in [6.45, 7) is 7.86. The quantitative estimate of drug-likeness (QED) is 0.505. The van der Waals surface area contributed by atoms with Gasteiger partial charge in [0, 0.05) is 17.6 Å². The fraction of sp³-hybridized carbons (Fsp3) is 1.00. The first-order valence-corrected chi connectivity index (χ1v) is 9.05. The Morgan fingerprint density at radius 3 is 2.29 bits per heavy atom. The van der Waals surface area contributed by atoms with Crippen LogP contribution in [-0.2, 0) is 0 Å². The molecule has 1 aliphatic rings. The van der Waals surface area contributed by atoms with Crippen LogP contribution in [0, 0.1) is 0 Å². The monoisotopic (exact) mass is 298 g/mol. The van der Waals surface area contributed by atoms with Gasteiger partial charge in [-0.05, 0) is 46.2 Å². The van der Waals surface area contributed by atoms with Crippen molar-refractivity contribution in [2.24, 2.45) is 0 Å². The molecular weight excluding hydrogens is 260 g/mol. The molecule has 3 heteroatoms. The molecule has 1 unspecified atom stereocenters. The van der Waals surface area contributed by atoms with E-state index in [1.54, 1.807) is 0 Å². The lowest BCUT2D eigenvalue weighted by Crippen LogP contribution is -2.49. The van der Waals surface area contributed by atoms with E-state index in [1.807, 2.05) is 0 Å². The van der Waals surface area contributed by atoms with Crippen molar-refractivity contribution in [1.29, 1.82) is 0 Å². The van der Waals surface area contributed by atoms with Crippen molar-refractivity contribution in [3.05, 3.63) is 0 Å². The number of hydrogen-bond donors (Lipinski definition) is 2. The third kappa shape index (κ3) is 7.62. The lowest BCUT2D eigenvalue weighted by molar-refractivity contribution is 0.150. The van der Waals surface area contributed by atoms with Crippen molar-refractivity contribution >= 4 is 0 Å². The van der Waals surface area contributed by atoms with E-state index >= 15 is 0 Å². The molecule has 0 spiro atoms. The van der Waals surface area contributed by atoms with Gasteiger partial charge >= 0.3 is 0 Å². The Bertz CT molecular complexity index is 262. The van der Waals surface area contributed by atoms with Crippen molar-refractivity contribution in [2.45, 2.75) is 96.2 Å². The Labute approximate surface area is 132 Å². The first kappa shape index (κ1) is 18.9. The van der Waals surface area contributed by atoms with Crippen LogP contribution in [0.15, 0.2) is 0 Å². The first-order chi connectivity index (χ1) is 9.97. The Morgan fingerprint density at radius 2 is 1.76 bits per heavy atom. The molecule has 1 aliphatic carbocycles. The minimum atomic E-state index is -0.116. The highest BCUT2D eigenvalue weighted by molar-refractivity contribution is 4.84.